The molecule has 0 fully saturated rings. The number of allylic oxidation sites excluding steroid dienone is 2. The van der Waals surface area contributed by atoms with Crippen LogP contribution in [-0.2, 0) is 9.59 Å². The third-order valence-corrected chi connectivity index (χ3v) is 2.54. The van der Waals surface area contributed by atoms with E-state index in [1.165, 1.54) is 4.90 Å². The molecule has 4 nitrogen and oxygen atoms in total. The number of carboxylic acid groups (broad SMARTS) is 1. The van der Waals surface area contributed by atoms with Crippen molar-refractivity contribution in [2.24, 2.45) is 5.92 Å². The molecule has 0 aromatic heterocycles. The second-order valence-corrected chi connectivity index (χ2v) is 3.77. The van der Waals surface area contributed by atoms with Gasteiger partial charge in [-0.1, -0.05) is 18.1 Å². The lowest BCUT2D eigenvalue weighted by molar-refractivity contribution is -0.145. The van der Waals surface area contributed by atoms with E-state index in [0.717, 1.165) is 12.8 Å². The number of hydrogen-bond acceptors (Lipinski definition) is 2. The molecule has 1 unspecified atom stereocenters. The fourth-order valence-corrected chi connectivity index (χ4v) is 1.76. The zero-order chi connectivity index (χ0) is 12.0. The van der Waals surface area contributed by atoms with Gasteiger partial charge in [-0.2, -0.15) is 0 Å². The second kappa shape index (κ2) is 5.96. The van der Waals surface area contributed by atoms with Crippen LogP contribution in [0.2, 0.25) is 0 Å². The average Bonchev–Trinajstić information content (AvgIpc) is 2.28. The van der Waals surface area contributed by atoms with Crippen LogP contribution in [-0.4, -0.2) is 35.0 Å². The van der Waals surface area contributed by atoms with E-state index in [9.17, 15) is 9.59 Å². The minimum atomic E-state index is -1.03. The summed E-state index contributed by atoms with van der Waals surface area (Å²) in [7, 11) is 0. The Balaban J connectivity index is 2.62. The van der Waals surface area contributed by atoms with Gasteiger partial charge in [0.15, 0.2) is 0 Å². The number of carbonyl (C=O) groups excluding carboxylic acids is 1. The first-order valence-electron chi connectivity index (χ1n) is 5.24. The first-order chi connectivity index (χ1) is 7.65. The van der Waals surface area contributed by atoms with Gasteiger partial charge in [0, 0.05) is 5.92 Å². The molecule has 0 aliphatic heterocycles. The fraction of sp³-hybridized carbons (Fsp3) is 0.500. The van der Waals surface area contributed by atoms with Gasteiger partial charge in [-0.15, -0.1) is 6.42 Å². The fourth-order valence-electron chi connectivity index (χ4n) is 1.76. The molecule has 4 heteroatoms. The zero-order valence-electron chi connectivity index (χ0n) is 9.06. The minimum absolute atomic E-state index is 0.0609. The summed E-state index contributed by atoms with van der Waals surface area (Å²) in [4.78, 5) is 23.8. The molecule has 0 saturated carbocycles. The van der Waals surface area contributed by atoms with Crippen molar-refractivity contribution >= 4 is 11.9 Å². The van der Waals surface area contributed by atoms with Gasteiger partial charge in [-0.05, 0) is 19.3 Å². The minimum Gasteiger partial charge on any atom is -0.480 e. The van der Waals surface area contributed by atoms with Crippen LogP contribution in [0.5, 0.6) is 0 Å². The Morgan fingerprint density at radius 3 is 2.75 bits per heavy atom. The van der Waals surface area contributed by atoms with Gasteiger partial charge in [0.2, 0.25) is 5.91 Å². The first-order valence-corrected chi connectivity index (χ1v) is 5.24. The molecule has 0 saturated heterocycles. The van der Waals surface area contributed by atoms with E-state index in [2.05, 4.69) is 5.92 Å². The van der Waals surface area contributed by atoms with Crippen molar-refractivity contribution in [1.82, 2.24) is 4.90 Å². The first kappa shape index (κ1) is 12.3. The standard InChI is InChI=1S/C12H15NO3/c1-2-8-13(9-11(14)15)12(16)10-6-4-3-5-7-10/h1,3-4,10H,5-9H2,(H,14,15). The summed E-state index contributed by atoms with van der Waals surface area (Å²) in [5, 5.41) is 8.68. The highest BCUT2D eigenvalue weighted by Gasteiger charge is 2.25. The molecule has 0 spiro atoms. The van der Waals surface area contributed by atoms with Gasteiger partial charge < -0.3 is 10.0 Å². The van der Waals surface area contributed by atoms with Crippen molar-refractivity contribution in [1.29, 1.82) is 0 Å². The van der Waals surface area contributed by atoms with Crippen LogP contribution >= 0.6 is 0 Å². The van der Waals surface area contributed by atoms with Gasteiger partial charge in [0.1, 0.15) is 6.54 Å². The maximum atomic E-state index is 12.0. The number of hydrogen-bond donors (Lipinski definition) is 1. The highest BCUT2D eigenvalue weighted by atomic mass is 16.4. The summed E-state index contributed by atoms with van der Waals surface area (Å²) >= 11 is 0. The van der Waals surface area contributed by atoms with Crippen LogP contribution in [0, 0.1) is 18.3 Å². The Morgan fingerprint density at radius 1 is 1.50 bits per heavy atom. The Hall–Kier alpha value is -1.76. The largest absolute Gasteiger partial charge is 0.480 e. The lowest BCUT2D eigenvalue weighted by Gasteiger charge is -2.24. The highest BCUT2D eigenvalue weighted by molar-refractivity contribution is 5.83. The maximum absolute atomic E-state index is 12.0. The van der Waals surface area contributed by atoms with E-state index in [4.69, 9.17) is 11.5 Å². The number of carboxylic acids is 1. The molecule has 86 valence electrons. The normalized spacial score (nSPS) is 18.8. The number of nitrogens with zero attached hydrogens (tertiary/aromatic N) is 1. The molecule has 1 atom stereocenters. The number of aliphatic carboxylic acids is 1. The summed E-state index contributed by atoms with van der Waals surface area (Å²) < 4.78 is 0. The summed E-state index contributed by atoms with van der Waals surface area (Å²) in [6.07, 6.45) is 11.4. The van der Waals surface area contributed by atoms with Crippen LogP contribution in [0.25, 0.3) is 0 Å². The van der Waals surface area contributed by atoms with Gasteiger partial charge in [-0.3, -0.25) is 9.59 Å². The molecule has 0 radical (unpaired) electrons. The van der Waals surface area contributed by atoms with E-state index in [-0.39, 0.29) is 24.9 Å². The molecule has 0 aromatic carbocycles. The van der Waals surface area contributed by atoms with Crippen LogP contribution in [0.15, 0.2) is 12.2 Å². The molecule has 1 aliphatic carbocycles. The lowest BCUT2D eigenvalue weighted by atomic mass is 9.93. The predicted molar refractivity (Wildman–Crippen MR) is 59.5 cm³/mol. The predicted octanol–water partition coefficient (Wildman–Crippen LogP) is 0.889. The summed E-state index contributed by atoms with van der Waals surface area (Å²) in [5.74, 6) is 1.02. The molecule has 0 aromatic rings. The van der Waals surface area contributed by atoms with Crippen molar-refractivity contribution in [2.75, 3.05) is 13.1 Å². The topological polar surface area (TPSA) is 57.6 Å². The van der Waals surface area contributed by atoms with Crippen molar-refractivity contribution in [3.63, 3.8) is 0 Å². The molecule has 1 amide bonds. The van der Waals surface area contributed by atoms with E-state index in [1.807, 2.05) is 12.2 Å². The average molecular weight is 221 g/mol. The van der Waals surface area contributed by atoms with Gasteiger partial charge in [0.05, 0.1) is 6.54 Å². The Kier molecular flexibility index (Phi) is 4.59. The van der Waals surface area contributed by atoms with Crippen LogP contribution in [0.1, 0.15) is 19.3 Å². The molecular formula is C12H15NO3. The quantitative estimate of drug-likeness (QED) is 0.566. The summed E-state index contributed by atoms with van der Waals surface area (Å²) in [6.45, 7) is -0.255. The third-order valence-electron chi connectivity index (χ3n) is 2.54. The van der Waals surface area contributed by atoms with Crippen molar-refractivity contribution < 1.29 is 14.7 Å². The van der Waals surface area contributed by atoms with E-state index >= 15 is 0 Å². The Morgan fingerprint density at radius 2 is 2.25 bits per heavy atom. The zero-order valence-corrected chi connectivity index (χ0v) is 9.06. The molecule has 1 aliphatic rings. The van der Waals surface area contributed by atoms with Gasteiger partial charge in [-0.25, -0.2) is 0 Å². The Bertz CT molecular complexity index is 341. The number of amides is 1. The van der Waals surface area contributed by atoms with Crippen molar-refractivity contribution in [3.05, 3.63) is 12.2 Å². The van der Waals surface area contributed by atoms with Gasteiger partial charge >= 0.3 is 5.97 Å². The van der Waals surface area contributed by atoms with Crippen LogP contribution in [0.3, 0.4) is 0 Å². The molecule has 1 rings (SSSR count). The smallest absolute Gasteiger partial charge is 0.323 e. The number of terminal acetylenes is 1. The van der Waals surface area contributed by atoms with Crippen molar-refractivity contribution in [3.8, 4) is 12.3 Å². The summed E-state index contributed by atoms with van der Waals surface area (Å²) in [5.41, 5.74) is 0. The van der Waals surface area contributed by atoms with E-state index in [0.29, 0.717) is 6.42 Å². The van der Waals surface area contributed by atoms with Gasteiger partial charge in [0.25, 0.3) is 0 Å². The maximum Gasteiger partial charge on any atom is 0.323 e. The highest BCUT2D eigenvalue weighted by Crippen LogP contribution is 2.20. The van der Waals surface area contributed by atoms with Crippen LogP contribution < -0.4 is 0 Å². The summed E-state index contributed by atoms with van der Waals surface area (Å²) in [6, 6.07) is 0. The van der Waals surface area contributed by atoms with Crippen LogP contribution in [0.4, 0.5) is 0 Å². The van der Waals surface area contributed by atoms with E-state index in [1.54, 1.807) is 0 Å². The molecule has 16 heavy (non-hydrogen) atoms. The molecule has 0 heterocycles. The SMILES string of the molecule is C#CCN(CC(=O)O)C(=O)C1CC=CCC1. The molecular weight excluding hydrogens is 206 g/mol. The molecule has 0 bridgehead atoms. The number of rotatable bonds is 4. The monoisotopic (exact) mass is 221 g/mol. The second-order valence-electron chi connectivity index (χ2n) is 3.77. The third kappa shape index (κ3) is 3.43. The Labute approximate surface area is 94.9 Å². The molecule has 1 N–H and O–H groups in total. The van der Waals surface area contributed by atoms with Crippen molar-refractivity contribution in [2.45, 2.75) is 19.3 Å². The van der Waals surface area contributed by atoms with E-state index < -0.39 is 5.97 Å². The number of carbonyl (C=O) groups is 2. The lowest BCUT2D eigenvalue weighted by Crippen LogP contribution is -2.40.